The Labute approximate surface area is 374 Å². The molecule has 0 atom stereocenters. The summed E-state index contributed by atoms with van der Waals surface area (Å²) in [6.45, 7) is 3.24. The van der Waals surface area contributed by atoms with E-state index in [-0.39, 0.29) is 79.5 Å². The van der Waals surface area contributed by atoms with Crippen LogP contribution in [0.15, 0.2) is 125 Å². The smallest absolute Gasteiger partial charge is 0.871 e. The van der Waals surface area contributed by atoms with Crippen molar-refractivity contribution in [3.8, 4) is 22.9 Å². The van der Waals surface area contributed by atoms with Crippen LogP contribution in [0.1, 0.15) is 11.4 Å². The van der Waals surface area contributed by atoms with Gasteiger partial charge in [0.25, 0.3) is 11.1 Å². The minimum Gasteiger partial charge on any atom is -0.871 e. The summed E-state index contributed by atoms with van der Waals surface area (Å²) in [6.07, 6.45) is 0. The van der Waals surface area contributed by atoms with Crippen LogP contribution in [0.5, 0.6) is 11.5 Å². The molecule has 298 valence electrons. The number of aromatic amines is 2. The molecule has 6 rings (SSSR count). The van der Waals surface area contributed by atoms with Crippen LogP contribution in [-0.4, -0.2) is 50.5 Å². The Morgan fingerprint density at radius 1 is 0.603 bits per heavy atom. The molecule has 0 radical (unpaired) electrons. The first-order valence-electron chi connectivity index (χ1n) is 15.9. The maximum Gasteiger partial charge on any atom is 1.00 e. The van der Waals surface area contributed by atoms with E-state index in [0.717, 1.165) is 24.3 Å². The molecule has 0 aliphatic carbocycles. The Morgan fingerprint density at radius 2 is 0.966 bits per heavy atom. The fourth-order valence-electron chi connectivity index (χ4n) is 4.83. The van der Waals surface area contributed by atoms with E-state index in [1.54, 1.807) is 62.4 Å². The molecule has 0 bridgehead atoms. The van der Waals surface area contributed by atoms with Gasteiger partial charge in [0.05, 0.1) is 43.9 Å². The summed E-state index contributed by atoms with van der Waals surface area (Å²) >= 11 is 11.9. The van der Waals surface area contributed by atoms with Gasteiger partial charge in [-0.15, -0.1) is 10.2 Å². The minimum absolute atomic E-state index is 0. The number of nitrogens with zero attached hydrogens (tertiary/aromatic N) is 6. The van der Waals surface area contributed by atoms with Gasteiger partial charge in [-0.1, -0.05) is 59.0 Å². The van der Waals surface area contributed by atoms with E-state index in [1.807, 2.05) is 0 Å². The zero-order chi connectivity index (χ0) is 40.9. The summed E-state index contributed by atoms with van der Waals surface area (Å²) in [7, 11) is -4.99. The zero-order valence-electron chi connectivity index (χ0n) is 31.0. The van der Waals surface area contributed by atoms with E-state index in [0.29, 0.717) is 32.8 Å². The van der Waals surface area contributed by atoms with E-state index in [9.17, 15) is 36.6 Å². The monoisotopic (exact) mass is 915 g/mol. The number of aryl methyl sites for hydroxylation is 2. The molecule has 0 saturated heterocycles. The number of azo groups is 2. The molecule has 0 spiro atoms. The molecule has 0 aliphatic heterocycles. The maximum absolute atomic E-state index is 12.6. The largest absolute Gasteiger partial charge is 1.00 e. The molecule has 0 saturated carbocycles. The summed E-state index contributed by atoms with van der Waals surface area (Å²) in [4.78, 5) is 25.0. The van der Waals surface area contributed by atoms with Crippen molar-refractivity contribution in [1.82, 2.24) is 29.0 Å². The fourth-order valence-corrected chi connectivity index (χ4v) is 6.70. The van der Waals surface area contributed by atoms with Crippen LogP contribution in [0.4, 0.5) is 22.7 Å². The first-order valence-corrected chi connectivity index (χ1v) is 19.7. The summed E-state index contributed by atoms with van der Waals surface area (Å²) < 4.78 is 54.3. The number of aromatic nitrogens is 4. The topological polar surface area (TPSA) is 263 Å². The standard InChI is InChI=1S/2C17H16ClN5O4S.Cr.Na/c2*1-10-16(17(25)23(22-10)12-5-3-4-11(18)8-12)21-20-14-9-13(6-7-15(14)24)28(26,27)19-2;;/h2*3-9,19,22,24H,1-2H3;;/q;;;+1/p-2. The third-order valence-corrected chi connectivity index (χ3v) is 11.0. The molecular formula is C34H30Cl2CrN10NaO8S2-. The maximum atomic E-state index is 12.6. The van der Waals surface area contributed by atoms with Crippen molar-refractivity contribution < 1.29 is 74.0 Å². The van der Waals surface area contributed by atoms with Crippen LogP contribution in [0.25, 0.3) is 11.4 Å². The van der Waals surface area contributed by atoms with E-state index >= 15 is 0 Å². The third-order valence-electron chi connectivity index (χ3n) is 7.75. The Morgan fingerprint density at radius 3 is 1.29 bits per heavy atom. The van der Waals surface area contributed by atoms with Crippen molar-refractivity contribution >= 4 is 66.0 Å². The van der Waals surface area contributed by atoms with Crippen LogP contribution in [-0.2, 0) is 37.4 Å². The van der Waals surface area contributed by atoms with Crippen molar-refractivity contribution in [2.45, 2.75) is 23.6 Å². The molecule has 0 aliphatic rings. The number of nitrogens with one attached hydrogen (secondary N) is 4. The Hall–Kier alpha value is -4.37. The number of halogens is 2. The zero-order valence-corrected chi connectivity index (χ0v) is 37.4. The van der Waals surface area contributed by atoms with E-state index < -0.39 is 42.7 Å². The Kier molecular flexibility index (Phi) is 16.6. The van der Waals surface area contributed by atoms with E-state index in [4.69, 9.17) is 23.2 Å². The normalized spacial score (nSPS) is 11.6. The minimum atomic E-state index is -3.75. The number of sulfonamides is 2. The van der Waals surface area contributed by atoms with Gasteiger partial charge in [-0.05, 0) is 88.6 Å². The van der Waals surface area contributed by atoms with Crippen molar-refractivity contribution in [2.75, 3.05) is 14.1 Å². The van der Waals surface area contributed by atoms with Gasteiger partial charge in [-0.2, -0.15) is 10.2 Å². The van der Waals surface area contributed by atoms with Crippen molar-refractivity contribution in [3.05, 3.63) is 127 Å². The molecular weight excluding hydrogens is 886 g/mol. The summed E-state index contributed by atoms with van der Waals surface area (Å²) in [5.41, 5.74) is 0.436. The summed E-state index contributed by atoms with van der Waals surface area (Å²) in [5.74, 6) is -1.05. The van der Waals surface area contributed by atoms with Gasteiger partial charge in [0.1, 0.15) is 0 Å². The molecule has 58 heavy (non-hydrogen) atoms. The molecule has 24 heteroatoms. The molecule has 6 aromatic rings. The fraction of sp³-hybridized carbons (Fsp3) is 0.118. The van der Waals surface area contributed by atoms with Gasteiger partial charge >= 0.3 is 29.6 Å². The van der Waals surface area contributed by atoms with Crippen LogP contribution < -0.4 is 60.3 Å². The van der Waals surface area contributed by atoms with Gasteiger partial charge in [-0.3, -0.25) is 19.8 Å². The van der Waals surface area contributed by atoms with Gasteiger partial charge in [0.15, 0.2) is 11.4 Å². The Bertz CT molecular complexity index is 2670. The predicted molar refractivity (Wildman–Crippen MR) is 205 cm³/mol. The van der Waals surface area contributed by atoms with Gasteiger partial charge < -0.3 is 10.2 Å². The number of rotatable bonds is 10. The van der Waals surface area contributed by atoms with Crippen molar-refractivity contribution in [2.24, 2.45) is 20.5 Å². The number of benzene rings is 4. The summed E-state index contributed by atoms with van der Waals surface area (Å²) in [6, 6.07) is 20.0. The molecule has 0 amide bonds. The van der Waals surface area contributed by atoms with Gasteiger partial charge in [0, 0.05) is 27.4 Å². The molecule has 2 heterocycles. The van der Waals surface area contributed by atoms with Crippen LogP contribution in [0.3, 0.4) is 0 Å². The first kappa shape index (κ1) is 48.0. The molecule has 18 nitrogen and oxygen atoms in total. The number of H-pyrrole nitrogens is 2. The molecule has 0 fully saturated rings. The second-order valence-electron chi connectivity index (χ2n) is 11.5. The molecule has 4 N–H and O–H groups in total. The SMILES string of the molecule is CNS(=O)(=O)c1ccc([O-])c(N=Nc2c(C)[nH]n(-c3cccc(Cl)c3)c2=O)c1.CNS(=O)(=O)c1ccc([O-])c(N=Nc2c(C)[nH]n(-c3cccc(Cl)c3)c2=O)c1.[Cr].[Na+]. The van der Waals surface area contributed by atoms with Crippen LogP contribution in [0.2, 0.25) is 10.0 Å². The third kappa shape index (κ3) is 11.0. The first-order chi connectivity index (χ1) is 26.4. The Balaban J connectivity index is 0.000000300. The van der Waals surface area contributed by atoms with Crippen molar-refractivity contribution in [1.29, 1.82) is 0 Å². The quantitative estimate of drug-likeness (QED) is 0.117. The molecule has 2 aromatic heterocycles. The average molecular weight is 917 g/mol. The average Bonchev–Trinajstić information content (AvgIpc) is 3.62. The molecule has 0 unspecified atom stereocenters. The van der Waals surface area contributed by atoms with Crippen LogP contribution >= 0.6 is 23.2 Å². The second-order valence-corrected chi connectivity index (χ2v) is 16.1. The van der Waals surface area contributed by atoms with E-state index in [2.05, 4.69) is 40.1 Å². The number of hydrogen-bond donors (Lipinski definition) is 4. The van der Waals surface area contributed by atoms with Crippen LogP contribution in [0, 0.1) is 13.8 Å². The van der Waals surface area contributed by atoms with E-state index in [1.165, 1.54) is 35.6 Å². The molecule has 4 aromatic carbocycles. The van der Waals surface area contributed by atoms with Crippen molar-refractivity contribution in [3.63, 3.8) is 0 Å². The summed E-state index contributed by atoms with van der Waals surface area (Å²) in [5, 5.41) is 45.9. The second kappa shape index (κ2) is 20.1. The predicted octanol–water partition coefficient (Wildman–Crippen LogP) is 2.05. The number of hydrogen-bond acceptors (Lipinski definition) is 12. The van der Waals surface area contributed by atoms with Gasteiger partial charge in [0.2, 0.25) is 20.0 Å². The van der Waals surface area contributed by atoms with Gasteiger partial charge in [-0.25, -0.2) is 35.6 Å².